The molecular weight excluding hydrogens is 157 g/mol. The largest absolute Gasteiger partial charge is 0.497 e. The van der Waals surface area contributed by atoms with E-state index in [1.807, 2.05) is 0 Å². The maximum atomic E-state index is 12.7. The Morgan fingerprint density at radius 2 is 2.08 bits per heavy atom. The van der Waals surface area contributed by atoms with Crippen molar-refractivity contribution >= 4 is 0 Å². The summed E-state index contributed by atoms with van der Waals surface area (Å²) in [6.45, 7) is 9.02. The highest BCUT2D eigenvalue weighted by Gasteiger charge is 1.97. The molecule has 0 amide bonds. The van der Waals surface area contributed by atoms with Gasteiger partial charge in [0.1, 0.15) is 5.76 Å². The SMILES string of the molecule is C=C(/C=C\C(=C)N(F)CC)OC. The topological polar surface area (TPSA) is 12.5 Å². The molecule has 0 aliphatic heterocycles. The Hall–Kier alpha value is -1.25. The first-order valence-electron chi connectivity index (χ1n) is 3.65. The fraction of sp³-hybridized carbons (Fsp3) is 0.333. The summed E-state index contributed by atoms with van der Waals surface area (Å²) in [7, 11) is 1.50. The van der Waals surface area contributed by atoms with E-state index in [9.17, 15) is 4.48 Å². The first-order valence-corrected chi connectivity index (χ1v) is 3.65. The van der Waals surface area contributed by atoms with Crippen LogP contribution in [0.1, 0.15) is 6.92 Å². The number of halogens is 1. The lowest BCUT2D eigenvalue weighted by atomic mass is 10.4. The molecule has 0 saturated heterocycles. The number of likely N-dealkylation sites (N-methyl/N-ethyl adjacent to an activating group) is 1. The number of ether oxygens (including phenoxy) is 1. The number of nitrogens with zero attached hydrogens (tertiary/aromatic N) is 1. The van der Waals surface area contributed by atoms with E-state index < -0.39 is 0 Å². The Labute approximate surface area is 72.6 Å². The first-order chi connectivity index (χ1) is 5.61. The molecule has 0 aromatic carbocycles. The summed E-state index contributed by atoms with van der Waals surface area (Å²) in [5.74, 6) is 0.473. The third-order valence-corrected chi connectivity index (χ3v) is 1.31. The van der Waals surface area contributed by atoms with Crippen LogP contribution in [0.5, 0.6) is 0 Å². The van der Waals surface area contributed by atoms with Gasteiger partial charge in [-0.05, 0) is 19.1 Å². The molecular formula is C9H14FNO. The number of hydrogen-bond donors (Lipinski definition) is 0. The van der Waals surface area contributed by atoms with Gasteiger partial charge in [-0.15, -0.1) is 4.48 Å². The predicted molar refractivity (Wildman–Crippen MR) is 47.9 cm³/mol. The van der Waals surface area contributed by atoms with E-state index in [4.69, 9.17) is 4.74 Å². The Balaban J connectivity index is 3.99. The van der Waals surface area contributed by atoms with Crippen LogP contribution in [0.4, 0.5) is 4.48 Å². The average molecular weight is 171 g/mol. The zero-order chi connectivity index (χ0) is 9.56. The van der Waals surface area contributed by atoms with Crippen LogP contribution in [0.25, 0.3) is 0 Å². The van der Waals surface area contributed by atoms with E-state index in [0.717, 1.165) is 0 Å². The van der Waals surface area contributed by atoms with Crippen molar-refractivity contribution < 1.29 is 9.22 Å². The molecule has 0 saturated carbocycles. The molecule has 0 atom stereocenters. The number of allylic oxidation sites excluding steroid dienone is 2. The van der Waals surface area contributed by atoms with Gasteiger partial charge in [0.2, 0.25) is 0 Å². The average Bonchev–Trinajstić information content (AvgIpc) is 2.11. The highest BCUT2D eigenvalue weighted by Crippen LogP contribution is 2.05. The van der Waals surface area contributed by atoms with Crippen molar-refractivity contribution in [2.24, 2.45) is 0 Å². The quantitative estimate of drug-likeness (QED) is 0.358. The highest BCUT2D eigenvalue weighted by molar-refractivity contribution is 5.19. The summed E-state index contributed by atoms with van der Waals surface area (Å²) >= 11 is 0. The van der Waals surface area contributed by atoms with Gasteiger partial charge in [-0.2, -0.15) is 0 Å². The van der Waals surface area contributed by atoms with Crippen molar-refractivity contribution in [3.8, 4) is 0 Å². The van der Waals surface area contributed by atoms with Gasteiger partial charge in [0.15, 0.2) is 0 Å². The summed E-state index contributed by atoms with van der Waals surface area (Å²) in [5, 5.41) is 0.541. The van der Waals surface area contributed by atoms with Crippen LogP contribution in [-0.4, -0.2) is 18.8 Å². The molecule has 0 fully saturated rings. The van der Waals surface area contributed by atoms with Gasteiger partial charge < -0.3 is 4.74 Å². The maximum absolute atomic E-state index is 12.7. The van der Waals surface area contributed by atoms with Gasteiger partial charge in [-0.1, -0.05) is 13.2 Å². The fourth-order valence-corrected chi connectivity index (χ4v) is 0.541. The van der Waals surface area contributed by atoms with Crippen molar-refractivity contribution in [3.05, 3.63) is 36.8 Å². The van der Waals surface area contributed by atoms with Gasteiger partial charge in [-0.25, -0.2) is 5.12 Å². The molecule has 2 nitrogen and oxygen atoms in total. The third kappa shape index (κ3) is 3.81. The lowest BCUT2D eigenvalue weighted by Crippen LogP contribution is -2.08. The van der Waals surface area contributed by atoms with Crippen LogP contribution in [0.15, 0.2) is 36.8 Å². The van der Waals surface area contributed by atoms with E-state index in [2.05, 4.69) is 13.2 Å². The van der Waals surface area contributed by atoms with Crippen LogP contribution in [0, 0.1) is 0 Å². The van der Waals surface area contributed by atoms with Crippen LogP contribution in [-0.2, 0) is 4.74 Å². The Morgan fingerprint density at radius 3 is 2.50 bits per heavy atom. The van der Waals surface area contributed by atoms with Crippen LogP contribution in [0.2, 0.25) is 0 Å². The molecule has 68 valence electrons. The molecule has 0 radical (unpaired) electrons. The monoisotopic (exact) mass is 171 g/mol. The third-order valence-electron chi connectivity index (χ3n) is 1.31. The van der Waals surface area contributed by atoms with E-state index >= 15 is 0 Å². The molecule has 0 spiro atoms. The second kappa shape index (κ2) is 5.41. The van der Waals surface area contributed by atoms with Gasteiger partial charge in [0.25, 0.3) is 0 Å². The molecule has 0 aromatic rings. The van der Waals surface area contributed by atoms with Crippen LogP contribution < -0.4 is 0 Å². The smallest absolute Gasteiger partial charge is 0.111 e. The van der Waals surface area contributed by atoms with E-state index in [1.54, 1.807) is 13.0 Å². The summed E-state index contributed by atoms with van der Waals surface area (Å²) in [4.78, 5) is 0. The van der Waals surface area contributed by atoms with Gasteiger partial charge in [0, 0.05) is 6.54 Å². The minimum atomic E-state index is 0.280. The molecule has 0 aliphatic rings. The molecule has 12 heavy (non-hydrogen) atoms. The van der Waals surface area contributed by atoms with E-state index in [-0.39, 0.29) is 12.2 Å². The van der Waals surface area contributed by atoms with Crippen molar-refractivity contribution in [2.45, 2.75) is 6.92 Å². The summed E-state index contributed by atoms with van der Waals surface area (Å²) in [6, 6.07) is 0. The summed E-state index contributed by atoms with van der Waals surface area (Å²) in [6.07, 6.45) is 3.07. The van der Waals surface area contributed by atoms with Crippen molar-refractivity contribution in [1.29, 1.82) is 0 Å². The second-order valence-electron chi connectivity index (χ2n) is 2.17. The Morgan fingerprint density at radius 1 is 1.50 bits per heavy atom. The van der Waals surface area contributed by atoms with Crippen molar-refractivity contribution in [1.82, 2.24) is 5.12 Å². The lowest BCUT2D eigenvalue weighted by Gasteiger charge is -2.09. The van der Waals surface area contributed by atoms with Gasteiger partial charge in [0.05, 0.1) is 12.8 Å². The van der Waals surface area contributed by atoms with Crippen molar-refractivity contribution in [2.75, 3.05) is 13.7 Å². The number of hydrogen-bond acceptors (Lipinski definition) is 2. The number of methoxy groups -OCH3 is 1. The Kier molecular flexibility index (Phi) is 4.84. The molecule has 0 bridgehead atoms. The Bertz CT molecular complexity index is 199. The fourth-order valence-electron chi connectivity index (χ4n) is 0.541. The maximum Gasteiger partial charge on any atom is 0.111 e. The van der Waals surface area contributed by atoms with E-state index in [0.29, 0.717) is 10.9 Å². The summed E-state index contributed by atoms with van der Waals surface area (Å²) < 4.78 is 17.4. The van der Waals surface area contributed by atoms with Crippen molar-refractivity contribution in [3.63, 3.8) is 0 Å². The first kappa shape index (κ1) is 10.8. The summed E-state index contributed by atoms with van der Waals surface area (Å²) in [5.41, 5.74) is 0.288. The van der Waals surface area contributed by atoms with E-state index in [1.165, 1.54) is 13.2 Å². The zero-order valence-electron chi connectivity index (χ0n) is 7.51. The molecule has 0 N–H and O–H groups in total. The van der Waals surface area contributed by atoms with Crippen LogP contribution >= 0.6 is 0 Å². The normalized spacial score (nSPS) is 9.92. The molecule has 0 aliphatic carbocycles. The molecule has 0 aromatic heterocycles. The molecule has 0 heterocycles. The lowest BCUT2D eigenvalue weighted by molar-refractivity contribution is 0.0843. The number of rotatable bonds is 5. The van der Waals surface area contributed by atoms with Gasteiger partial charge >= 0.3 is 0 Å². The highest BCUT2D eigenvalue weighted by atomic mass is 19.2. The predicted octanol–water partition coefficient (Wildman–Crippen LogP) is 2.42. The standard InChI is InChI=1S/C9H14FNO/c1-5-11(10)8(2)6-7-9(3)12-4/h6-7H,2-3,5H2,1,4H3/b7-6-. The molecule has 3 heteroatoms. The second-order valence-corrected chi connectivity index (χ2v) is 2.17. The van der Waals surface area contributed by atoms with Crippen LogP contribution in [0.3, 0.4) is 0 Å². The van der Waals surface area contributed by atoms with Gasteiger partial charge in [-0.3, -0.25) is 0 Å². The minimum Gasteiger partial charge on any atom is -0.497 e. The molecule has 0 unspecified atom stereocenters. The zero-order valence-corrected chi connectivity index (χ0v) is 7.51. The minimum absolute atomic E-state index is 0.280. The molecule has 0 rings (SSSR count).